The van der Waals surface area contributed by atoms with Gasteiger partial charge < -0.3 is 31.5 Å². The summed E-state index contributed by atoms with van der Waals surface area (Å²) in [7, 11) is 6.36. The molecule has 0 spiro atoms. The lowest BCUT2D eigenvalue weighted by Gasteiger charge is -2.31. The molecule has 0 saturated heterocycles. The minimum absolute atomic E-state index is 0.224. The minimum atomic E-state index is -0.893. The topological polar surface area (TPSA) is 142 Å². The maximum absolute atomic E-state index is 13.6. The van der Waals surface area contributed by atoms with Crippen molar-refractivity contribution in [3.63, 3.8) is 0 Å². The van der Waals surface area contributed by atoms with Gasteiger partial charge in [0.25, 0.3) is 5.91 Å². The number of carbonyl (C=O) groups excluding carboxylic acids is 4. The molecule has 10 heteroatoms. The number of benzene rings is 4. The molecule has 4 aromatic carbocycles. The molecule has 4 rings (SSSR count). The van der Waals surface area contributed by atoms with E-state index in [1.165, 1.54) is 31.4 Å². The maximum atomic E-state index is 13.6. The largest absolute Gasteiger partial charge is 0.347 e. The van der Waals surface area contributed by atoms with Crippen LogP contribution in [0.5, 0.6) is 0 Å². The second kappa shape index (κ2) is 21.1. The summed E-state index contributed by atoms with van der Waals surface area (Å²) in [5.74, 6) is -1.40. The first-order valence-electron chi connectivity index (χ1n) is 17.6. The van der Waals surface area contributed by atoms with Crippen molar-refractivity contribution in [2.24, 2.45) is 11.5 Å². The second-order valence-electron chi connectivity index (χ2n) is 13.1. The quantitative estimate of drug-likeness (QED) is 0.154. The van der Waals surface area contributed by atoms with Crippen LogP contribution >= 0.6 is 0 Å². The lowest BCUT2D eigenvalue weighted by molar-refractivity contribution is -0.141. The van der Waals surface area contributed by atoms with Crippen LogP contribution in [0.1, 0.15) is 46.3 Å². The lowest BCUT2D eigenvalue weighted by Crippen LogP contribution is -2.55. The Labute approximate surface area is 308 Å². The van der Waals surface area contributed by atoms with Gasteiger partial charge in [-0.3, -0.25) is 19.2 Å². The van der Waals surface area contributed by atoms with Gasteiger partial charge in [0.2, 0.25) is 17.7 Å². The number of hydrogen-bond donors (Lipinski definition) is 3. The van der Waals surface area contributed by atoms with Gasteiger partial charge in [0.15, 0.2) is 0 Å². The van der Waals surface area contributed by atoms with Crippen molar-refractivity contribution in [3.05, 3.63) is 131 Å². The Balaban J connectivity index is 0.000000464. The SMILES string of the molecule is CN(C)C(=O)C(CCCCN)NC(=O)C(Cc1ccccc1)N(C)C(=O)CN(C)C(=O)c1cccc(CN)c1.Cc1ccc(-c2ccccc2)cc1. The van der Waals surface area contributed by atoms with Crippen LogP contribution in [0.2, 0.25) is 0 Å². The van der Waals surface area contributed by atoms with E-state index in [1.54, 1.807) is 46.4 Å². The standard InChI is InChI=1S/C29H42N6O4.C13H12/c1-33(2)29(39)24(15-8-9-16-30)32-27(37)25(18-21-11-6-5-7-12-21)35(4)26(36)20-34(3)28(38)23-14-10-13-22(17-23)19-31;1-11-7-9-13(10-8-11)12-5-3-2-4-6-12/h5-7,10-14,17,24-25H,8-9,15-16,18-20,30-31H2,1-4H3,(H,32,37);2-10H,1H3. The average Bonchev–Trinajstić information content (AvgIpc) is 3.16. The number of nitrogens with one attached hydrogen (secondary N) is 1. The van der Waals surface area contributed by atoms with E-state index >= 15 is 0 Å². The van der Waals surface area contributed by atoms with Crippen LogP contribution in [-0.4, -0.2) is 91.7 Å². The molecule has 2 atom stereocenters. The smallest absolute Gasteiger partial charge is 0.254 e. The summed E-state index contributed by atoms with van der Waals surface area (Å²) in [5, 5.41) is 2.87. The van der Waals surface area contributed by atoms with Crippen molar-refractivity contribution in [2.75, 3.05) is 41.3 Å². The third-order valence-corrected chi connectivity index (χ3v) is 8.73. The molecule has 276 valence electrons. The van der Waals surface area contributed by atoms with E-state index in [2.05, 4.69) is 60.8 Å². The van der Waals surface area contributed by atoms with Crippen LogP contribution in [0.4, 0.5) is 0 Å². The molecule has 2 unspecified atom stereocenters. The highest BCUT2D eigenvalue weighted by Crippen LogP contribution is 2.19. The Morgan fingerprint density at radius 1 is 0.712 bits per heavy atom. The van der Waals surface area contributed by atoms with E-state index in [-0.39, 0.29) is 24.8 Å². The highest BCUT2D eigenvalue weighted by Gasteiger charge is 2.32. The van der Waals surface area contributed by atoms with E-state index in [1.807, 2.05) is 42.5 Å². The zero-order chi connectivity index (χ0) is 38.0. The van der Waals surface area contributed by atoms with Gasteiger partial charge in [0.05, 0.1) is 6.54 Å². The fourth-order valence-electron chi connectivity index (χ4n) is 5.56. The van der Waals surface area contributed by atoms with Crippen molar-refractivity contribution in [2.45, 2.75) is 51.2 Å². The van der Waals surface area contributed by atoms with Crippen molar-refractivity contribution in [3.8, 4) is 11.1 Å². The molecule has 0 fully saturated rings. The second-order valence-corrected chi connectivity index (χ2v) is 13.1. The summed E-state index contributed by atoms with van der Waals surface area (Å²) in [5.41, 5.74) is 17.3. The minimum Gasteiger partial charge on any atom is -0.347 e. The van der Waals surface area contributed by atoms with Crippen molar-refractivity contribution >= 4 is 23.6 Å². The van der Waals surface area contributed by atoms with Crippen LogP contribution in [0.3, 0.4) is 0 Å². The van der Waals surface area contributed by atoms with E-state index in [0.717, 1.165) is 17.5 Å². The number of nitrogens with two attached hydrogens (primary N) is 2. The van der Waals surface area contributed by atoms with Crippen molar-refractivity contribution < 1.29 is 19.2 Å². The van der Waals surface area contributed by atoms with Gasteiger partial charge >= 0.3 is 0 Å². The van der Waals surface area contributed by atoms with Crippen LogP contribution in [0.15, 0.2) is 109 Å². The van der Waals surface area contributed by atoms with Crippen LogP contribution in [0, 0.1) is 6.92 Å². The number of aryl methyl sites for hydroxylation is 1. The van der Waals surface area contributed by atoms with Crippen LogP contribution in [-0.2, 0) is 27.3 Å². The molecular weight excluding hydrogens is 652 g/mol. The Kier molecular flexibility index (Phi) is 16.7. The number of unbranched alkanes of at least 4 members (excludes halogenated alkanes) is 1. The van der Waals surface area contributed by atoms with E-state index in [0.29, 0.717) is 31.5 Å². The number of carbonyl (C=O) groups is 4. The summed E-state index contributed by atoms with van der Waals surface area (Å²) >= 11 is 0. The molecule has 5 N–H and O–H groups in total. The molecule has 0 heterocycles. The number of likely N-dealkylation sites (N-methyl/N-ethyl adjacent to an activating group) is 3. The van der Waals surface area contributed by atoms with E-state index in [9.17, 15) is 19.2 Å². The first kappa shape index (κ1) is 41.1. The summed E-state index contributed by atoms with van der Waals surface area (Å²) in [6, 6.07) is 33.7. The van der Waals surface area contributed by atoms with E-state index in [4.69, 9.17) is 11.5 Å². The van der Waals surface area contributed by atoms with Gasteiger partial charge in [-0.1, -0.05) is 103 Å². The molecule has 0 aliphatic heterocycles. The van der Waals surface area contributed by atoms with Crippen molar-refractivity contribution in [1.29, 1.82) is 0 Å². The predicted octanol–water partition coefficient (Wildman–Crippen LogP) is 4.65. The van der Waals surface area contributed by atoms with Crippen LogP contribution in [0.25, 0.3) is 11.1 Å². The van der Waals surface area contributed by atoms with Gasteiger partial charge in [-0.15, -0.1) is 0 Å². The molecular formula is C42H54N6O4. The molecule has 0 saturated carbocycles. The summed E-state index contributed by atoms with van der Waals surface area (Å²) in [6.45, 7) is 2.67. The van der Waals surface area contributed by atoms with E-state index < -0.39 is 23.9 Å². The molecule has 0 aliphatic rings. The molecule has 4 aromatic rings. The van der Waals surface area contributed by atoms with Gasteiger partial charge in [-0.25, -0.2) is 0 Å². The number of nitrogens with zero attached hydrogens (tertiary/aromatic N) is 3. The number of amides is 4. The third-order valence-electron chi connectivity index (χ3n) is 8.73. The zero-order valence-corrected chi connectivity index (χ0v) is 31.1. The Bertz CT molecular complexity index is 1710. The van der Waals surface area contributed by atoms with Gasteiger partial charge in [-0.05, 0) is 67.1 Å². The Morgan fingerprint density at radius 2 is 1.31 bits per heavy atom. The summed E-state index contributed by atoms with van der Waals surface area (Å²) in [4.78, 5) is 56.8. The molecule has 10 nitrogen and oxygen atoms in total. The Morgan fingerprint density at radius 3 is 1.90 bits per heavy atom. The van der Waals surface area contributed by atoms with Gasteiger partial charge in [-0.2, -0.15) is 0 Å². The zero-order valence-electron chi connectivity index (χ0n) is 31.1. The fourth-order valence-corrected chi connectivity index (χ4v) is 5.56. The first-order chi connectivity index (χ1) is 24.9. The number of hydrogen-bond acceptors (Lipinski definition) is 6. The first-order valence-corrected chi connectivity index (χ1v) is 17.6. The lowest BCUT2D eigenvalue weighted by atomic mass is 10.0. The molecule has 0 bridgehead atoms. The van der Waals surface area contributed by atoms with Crippen molar-refractivity contribution in [1.82, 2.24) is 20.0 Å². The molecule has 0 radical (unpaired) electrons. The van der Waals surface area contributed by atoms with Gasteiger partial charge in [0.1, 0.15) is 12.1 Å². The highest BCUT2D eigenvalue weighted by atomic mass is 16.2. The molecule has 52 heavy (non-hydrogen) atoms. The van der Waals surface area contributed by atoms with Gasteiger partial charge in [0, 0.05) is 46.7 Å². The number of rotatable bonds is 15. The molecule has 0 aliphatic carbocycles. The fraction of sp³-hybridized carbons (Fsp3) is 0.333. The molecule has 0 aromatic heterocycles. The third kappa shape index (κ3) is 12.8. The molecule has 4 amide bonds. The summed E-state index contributed by atoms with van der Waals surface area (Å²) < 4.78 is 0. The Hall–Kier alpha value is -5.32. The monoisotopic (exact) mass is 706 g/mol. The summed E-state index contributed by atoms with van der Waals surface area (Å²) in [6.07, 6.45) is 2.09. The highest BCUT2D eigenvalue weighted by molar-refractivity contribution is 5.97. The predicted molar refractivity (Wildman–Crippen MR) is 208 cm³/mol. The maximum Gasteiger partial charge on any atom is 0.254 e. The van der Waals surface area contributed by atoms with Crippen LogP contribution < -0.4 is 16.8 Å². The normalized spacial score (nSPS) is 11.7. The average molecular weight is 707 g/mol.